The summed E-state index contributed by atoms with van der Waals surface area (Å²) in [6.07, 6.45) is 5.98. The number of carboxylic acid groups (broad SMARTS) is 1. The Morgan fingerprint density at radius 1 is 1.12 bits per heavy atom. The number of carboxylic acids is 1. The minimum atomic E-state index is -0.855. The van der Waals surface area contributed by atoms with Crippen LogP contribution in [0.15, 0.2) is 0 Å². The Morgan fingerprint density at radius 2 is 1.83 bits per heavy atom. The van der Waals surface area contributed by atoms with Crippen LogP contribution in [0.1, 0.15) is 72.1 Å². The van der Waals surface area contributed by atoms with Crippen LogP contribution in [0.25, 0.3) is 0 Å². The molecule has 0 aromatic carbocycles. The van der Waals surface area contributed by atoms with Crippen LogP contribution in [-0.2, 0) is 9.59 Å². The van der Waals surface area contributed by atoms with E-state index in [1.807, 2.05) is 6.92 Å². The van der Waals surface area contributed by atoms with Gasteiger partial charge in [-0.25, -0.2) is 0 Å². The lowest BCUT2D eigenvalue weighted by Gasteiger charge is -2.66. The van der Waals surface area contributed by atoms with E-state index < -0.39 is 17.5 Å². The van der Waals surface area contributed by atoms with Gasteiger partial charge in [-0.3, -0.25) is 9.59 Å². The minimum absolute atomic E-state index is 0.0384. The molecule has 0 aliphatic heterocycles. The molecular formula is C20H30O4. The third kappa shape index (κ3) is 1.69. The fourth-order valence-electron chi connectivity index (χ4n) is 7.80. The summed E-state index contributed by atoms with van der Waals surface area (Å²) < 4.78 is 0. The van der Waals surface area contributed by atoms with Gasteiger partial charge in [0.1, 0.15) is 5.78 Å². The number of carbonyl (C=O) groups is 2. The highest BCUT2D eigenvalue weighted by molar-refractivity contribution is 5.86. The number of rotatable bonds is 1. The Hall–Kier alpha value is -0.900. The van der Waals surface area contributed by atoms with E-state index in [1.54, 1.807) is 0 Å². The third-order valence-corrected chi connectivity index (χ3v) is 9.02. The smallest absolute Gasteiger partial charge is 0.309 e. The van der Waals surface area contributed by atoms with E-state index in [0.717, 1.165) is 32.1 Å². The zero-order chi connectivity index (χ0) is 17.5. The standard InChI is InChI=1S/C20H30O4/c1-17-7-8-20(11-17)12(10-14(17)22)9-13(21)15-18(2,16(23)24)5-4-6-19(15,20)3/h12-13,15,21H,4-11H2,1-3H3,(H,23,24)/t12?,13-,15+,17-,18-,19+,20+/m1/s1. The second-order valence-corrected chi connectivity index (χ2v) is 9.99. The first kappa shape index (κ1) is 16.6. The Bertz CT molecular complexity index is 615. The molecule has 4 heteroatoms. The molecule has 2 bridgehead atoms. The Kier molecular flexibility index (Phi) is 3.19. The molecule has 0 radical (unpaired) electrons. The van der Waals surface area contributed by atoms with Gasteiger partial charge < -0.3 is 10.2 Å². The Morgan fingerprint density at radius 3 is 2.50 bits per heavy atom. The van der Waals surface area contributed by atoms with Gasteiger partial charge in [0.25, 0.3) is 0 Å². The van der Waals surface area contributed by atoms with Crippen molar-refractivity contribution in [1.29, 1.82) is 0 Å². The van der Waals surface area contributed by atoms with Gasteiger partial charge in [-0.15, -0.1) is 0 Å². The first-order valence-electron chi connectivity index (χ1n) is 9.54. The topological polar surface area (TPSA) is 74.6 Å². The summed E-state index contributed by atoms with van der Waals surface area (Å²) in [5.41, 5.74) is -1.22. The van der Waals surface area contributed by atoms with Crippen molar-refractivity contribution in [1.82, 2.24) is 0 Å². The molecule has 0 heterocycles. The zero-order valence-corrected chi connectivity index (χ0v) is 15.1. The maximum Gasteiger partial charge on any atom is 0.309 e. The number of ketones is 1. The molecule has 0 aromatic rings. The van der Waals surface area contributed by atoms with Crippen molar-refractivity contribution in [2.24, 2.45) is 33.5 Å². The van der Waals surface area contributed by atoms with Gasteiger partial charge in [-0.2, -0.15) is 0 Å². The first-order valence-corrected chi connectivity index (χ1v) is 9.54. The number of carbonyl (C=O) groups excluding carboxylic acids is 1. The summed E-state index contributed by atoms with van der Waals surface area (Å²) in [7, 11) is 0. The van der Waals surface area contributed by atoms with Gasteiger partial charge in [0.05, 0.1) is 11.5 Å². The number of aliphatic carboxylic acids is 1. The fraction of sp³-hybridized carbons (Fsp3) is 0.900. The maximum absolute atomic E-state index is 12.7. The van der Waals surface area contributed by atoms with Gasteiger partial charge >= 0.3 is 5.97 Å². The maximum atomic E-state index is 12.7. The number of aliphatic hydroxyl groups is 1. The van der Waals surface area contributed by atoms with Crippen LogP contribution in [0, 0.1) is 33.5 Å². The van der Waals surface area contributed by atoms with Crippen molar-refractivity contribution < 1.29 is 19.8 Å². The van der Waals surface area contributed by atoms with Gasteiger partial charge in [-0.1, -0.05) is 20.3 Å². The molecule has 4 aliphatic rings. The van der Waals surface area contributed by atoms with Gasteiger partial charge in [-0.05, 0) is 62.2 Å². The lowest BCUT2D eigenvalue weighted by molar-refractivity contribution is -0.224. The predicted octanol–water partition coefficient (Wildman–Crippen LogP) is 3.41. The SMILES string of the molecule is C[C@@]12CC[C@]3(C1)C(CC2=O)C[C@@H](O)[C@H]1[C@](C)(C(=O)O)CCC[C@@]13C. The largest absolute Gasteiger partial charge is 0.481 e. The van der Waals surface area contributed by atoms with Crippen LogP contribution in [-0.4, -0.2) is 28.1 Å². The average Bonchev–Trinajstić information content (AvgIpc) is 2.81. The molecule has 1 spiro atoms. The van der Waals surface area contributed by atoms with Crippen molar-refractivity contribution >= 4 is 11.8 Å². The molecule has 4 nitrogen and oxygen atoms in total. The highest BCUT2D eigenvalue weighted by Crippen LogP contribution is 2.75. The molecule has 24 heavy (non-hydrogen) atoms. The molecule has 2 N–H and O–H groups in total. The lowest BCUT2D eigenvalue weighted by atomic mass is 9.37. The highest BCUT2D eigenvalue weighted by atomic mass is 16.4. The molecule has 4 rings (SSSR count). The van der Waals surface area contributed by atoms with Crippen molar-refractivity contribution in [2.75, 3.05) is 0 Å². The number of hydrogen-bond acceptors (Lipinski definition) is 3. The number of Topliss-reactive ketones (excluding diaryl/α,β-unsaturated/α-hetero) is 1. The number of fused-ring (bicyclic) bond motifs is 2. The fourth-order valence-corrected chi connectivity index (χ4v) is 7.80. The summed E-state index contributed by atoms with van der Waals surface area (Å²) in [6, 6.07) is 0. The van der Waals surface area contributed by atoms with E-state index in [4.69, 9.17) is 0 Å². The molecule has 4 aliphatic carbocycles. The van der Waals surface area contributed by atoms with Crippen molar-refractivity contribution in [2.45, 2.75) is 78.2 Å². The van der Waals surface area contributed by atoms with Gasteiger partial charge in [0, 0.05) is 17.8 Å². The van der Waals surface area contributed by atoms with E-state index >= 15 is 0 Å². The summed E-state index contributed by atoms with van der Waals surface area (Å²) >= 11 is 0. The lowest BCUT2D eigenvalue weighted by Crippen LogP contribution is -2.65. The quantitative estimate of drug-likeness (QED) is 0.770. The molecule has 0 saturated heterocycles. The van der Waals surface area contributed by atoms with Crippen LogP contribution in [0.4, 0.5) is 0 Å². The predicted molar refractivity (Wildman–Crippen MR) is 89.3 cm³/mol. The molecule has 0 amide bonds. The third-order valence-electron chi connectivity index (χ3n) is 9.02. The van der Waals surface area contributed by atoms with Crippen LogP contribution in [0.5, 0.6) is 0 Å². The van der Waals surface area contributed by atoms with E-state index in [0.29, 0.717) is 25.0 Å². The molecule has 134 valence electrons. The van der Waals surface area contributed by atoms with Crippen LogP contribution < -0.4 is 0 Å². The first-order chi connectivity index (χ1) is 11.1. The van der Waals surface area contributed by atoms with Gasteiger partial charge in [0.2, 0.25) is 0 Å². The van der Waals surface area contributed by atoms with Crippen molar-refractivity contribution in [3.05, 3.63) is 0 Å². The summed E-state index contributed by atoms with van der Waals surface area (Å²) in [5, 5.41) is 21.0. The summed E-state index contributed by atoms with van der Waals surface area (Å²) in [6.45, 7) is 6.21. The van der Waals surface area contributed by atoms with Crippen molar-refractivity contribution in [3.63, 3.8) is 0 Å². The summed E-state index contributed by atoms with van der Waals surface area (Å²) in [4.78, 5) is 24.8. The van der Waals surface area contributed by atoms with E-state index in [9.17, 15) is 19.8 Å². The Labute approximate surface area is 144 Å². The number of aliphatic hydroxyl groups excluding tert-OH is 1. The van der Waals surface area contributed by atoms with E-state index in [-0.39, 0.29) is 28.1 Å². The Balaban J connectivity index is 1.85. The van der Waals surface area contributed by atoms with Crippen LogP contribution >= 0.6 is 0 Å². The van der Waals surface area contributed by atoms with E-state index in [1.165, 1.54) is 0 Å². The molecule has 7 atom stereocenters. The zero-order valence-electron chi connectivity index (χ0n) is 15.1. The molecule has 1 unspecified atom stereocenters. The second kappa shape index (κ2) is 4.63. The van der Waals surface area contributed by atoms with Crippen LogP contribution in [0.2, 0.25) is 0 Å². The monoisotopic (exact) mass is 334 g/mol. The normalized spacial score (nSPS) is 56.5. The summed E-state index contributed by atoms with van der Waals surface area (Å²) in [5.74, 6) is -0.373. The molecular weight excluding hydrogens is 304 g/mol. The second-order valence-electron chi connectivity index (χ2n) is 9.99. The average molecular weight is 334 g/mol. The number of hydrogen-bond donors (Lipinski definition) is 2. The van der Waals surface area contributed by atoms with Crippen LogP contribution in [0.3, 0.4) is 0 Å². The van der Waals surface area contributed by atoms with E-state index in [2.05, 4.69) is 13.8 Å². The molecule has 4 saturated carbocycles. The van der Waals surface area contributed by atoms with Crippen molar-refractivity contribution in [3.8, 4) is 0 Å². The minimum Gasteiger partial charge on any atom is -0.481 e. The molecule has 0 aromatic heterocycles. The highest BCUT2D eigenvalue weighted by Gasteiger charge is 2.72. The van der Waals surface area contributed by atoms with Gasteiger partial charge in [0.15, 0.2) is 0 Å². The molecule has 4 fully saturated rings.